The smallest absolute Gasteiger partial charge is 0.269 e. The predicted octanol–water partition coefficient (Wildman–Crippen LogP) is 5.00. The Morgan fingerprint density at radius 2 is 1.32 bits per heavy atom. The van der Waals surface area contributed by atoms with Crippen molar-refractivity contribution >= 4 is 11.5 Å². The number of nitrogens with zero attached hydrogens (tertiary/aromatic N) is 1. The van der Waals surface area contributed by atoms with Crippen LogP contribution in [0.5, 0.6) is 0 Å². The SMILES string of the molecule is O=C(CC(c1ccccc1)c1ccc([N+](=O)[O-])cc1)c1ccccc1. The van der Waals surface area contributed by atoms with E-state index in [0.717, 1.165) is 11.1 Å². The summed E-state index contributed by atoms with van der Waals surface area (Å²) in [6.45, 7) is 0. The molecule has 0 saturated carbocycles. The molecule has 3 aromatic carbocycles. The first kappa shape index (κ1) is 16.6. The van der Waals surface area contributed by atoms with Crippen molar-refractivity contribution in [3.05, 3.63) is 112 Å². The number of ketones is 1. The van der Waals surface area contributed by atoms with Gasteiger partial charge in [0.15, 0.2) is 5.78 Å². The number of benzene rings is 3. The van der Waals surface area contributed by atoms with Crippen LogP contribution in [-0.4, -0.2) is 10.7 Å². The van der Waals surface area contributed by atoms with Gasteiger partial charge in [-0.3, -0.25) is 14.9 Å². The molecule has 0 aliphatic carbocycles. The highest BCUT2D eigenvalue weighted by Gasteiger charge is 2.20. The molecule has 0 radical (unpaired) electrons. The van der Waals surface area contributed by atoms with E-state index in [0.29, 0.717) is 12.0 Å². The number of rotatable bonds is 6. The van der Waals surface area contributed by atoms with Crippen molar-refractivity contribution in [2.24, 2.45) is 0 Å². The van der Waals surface area contributed by atoms with Gasteiger partial charge in [0, 0.05) is 30.0 Å². The van der Waals surface area contributed by atoms with E-state index in [1.54, 1.807) is 24.3 Å². The zero-order valence-corrected chi connectivity index (χ0v) is 13.5. The third-order valence-corrected chi connectivity index (χ3v) is 4.19. The maximum absolute atomic E-state index is 12.7. The lowest BCUT2D eigenvalue weighted by Gasteiger charge is -2.17. The van der Waals surface area contributed by atoms with Gasteiger partial charge in [-0.15, -0.1) is 0 Å². The van der Waals surface area contributed by atoms with Crippen LogP contribution >= 0.6 is 0 Å². The molecule has 124 valence electrons. The quantitative estimate of drug-likeness (QED) is 0.363. The fourth-order valence-electron chi connectivity index (χ4n) is 2.87. The van der Waals surface area contributed by atoms with Crippen LogP contribution in [0.3, 0.4) is 0 Å². The summed E-state index contributed by atoms with van der Waals surface area (Å²) in [5.74, 6) is -0.0949. The van der Waals surface area contributed by atoms with Gasteiger partial charge in [-0.1, -0.05) is 72.8 Å². The van der Waals surface area contributed by atoms with Gasteiger partial charge in [0.05, 0.1) is 4.92 Å². The minimum Gasteiger partial charge on any atom is -0.294 e. The molecule has 0 N–H and O–H groups in total. The molecule has 0 aliphatic rings. The summed E-state index contributed by atoms with van der Waals surface area (Å²) in [6, 6.07) is 25.3. The third kappa shape index (κ3) is 3.98. The number of hydrogen-bond donors (Lipinski definition) is 0. The van der Waals surface area contributed by atoms with E-state index in [1.165, 1.54) is 12.1 Å². The van der Waals surface area contributed by atoms with Gasteiger partial charge in [-0.05, 0) is 11.1 Å². The Balaban J connectivity index is 1.93. The average molecular weight is 331 g/mol. The molecule has 3 rings (SSSR count). The van der Waals surface area contributed by atoms with E-state index in [4.69, 9.17) is 0 Å². The lowest BCUT2D eigenvalue weighted by Crippen LogP contribution is -2.09. The Morgan fingerprint density at radius 1 is 0.800 bits per heavy atom. The third-order valence-electron chi connectivity index (χ3n) is 4.19. The zero-order chi connectivity index (χ0) is 17.6. The van der Waals surface area contributed by atoms with E-state index in [9.17, 15) is 14.9 Å². The Labute approximate surface area is 145 Å². The van der Waals surface area contributed by atoms with Crippen LogP contribution in [0.15, 0.2) is 84.9 Å². The Bertz CT molecular complexity index is 859. The molecule has 1 unspecified atom stereocenters. The molecule has 4 nitrogen and oxygen atoms in total. The van der Waals surface area contributed by atoms with Crippen molar-refractivity contribution in [2.75, 3.05) is 0 Å². The second kappa shape index (κ2) is 7.53. The molecule has 0 aliphatic heterocycles. The molecular weight excluding hydrogens is 314 g/mol. The Morgan fingerprint density at radius 3 is 1.88 bits per heavy atom. The fraction of sp³-hybridized carbons (Fsp3) is 0.0952. The molecule has 0 saturated heterocycles. The summed E-state index contributed by atoms with van der Waals surface area (Å²) < 4.78 is 0. The Kier molecular flexibility index (Phi) is 5.00. The first-order valence-corrected chi connectivity index (χ1v) is 8.02. The summed E-state index contributed by atoms with van der Waals surface area (Å²) >= 11 is 0. The molecule has 1 atom stereocenters. The van der Waals surface area contributed by atoms with Gasteiger partial charge in [0.1, 0.15) is 0 Å². The number of non-ortho nitro benzene ring substituents is 1. The normalized spacial score (nSPS) is 11.7. The van der Waals surface area contributed by atoms with Gasteiger partial charge in [0.25, 0.3) is 5.69 Å². The summed E-state index contributed by atoms with van der Waals surface area (Å²) in [5.41, 5.74) is 2.62. The molecular formula is C21H17NO3. The maximum atomic E-state index is 12.7. The van der Waals surface area contributed by atoms with Gasteiger partial charge in [-0.2, -0.15) is 0 Å². The van der Waals surface area contributed by atoms with Crippen molar-refractivity contribution in [1.82, 2.24) is 0 Å². The Hall–Kier alpha value is -3.27. The maximum Gasteiger partial charge on any atom is 0.269 e. The number of Topliss-reactive ketones (excluding diaryl/α,β-unsaturated/α-hetero) is 1. The van der Waals surface area contributed by atoms with Crippen molar-refractivity contribution in [2.45, 2.75) is 12.3 Å². The van der Waals surface area contributed by atoms with Crippen LogP contribution in [0, 0.1) is 10.1 Å². The number of hydrogen-bond acceptors (Lipinski definition) is 3. The van der Waals surface area contributed by atoms with E-state index in [-0.39, 0.29) is 17.4 Å². The number of carbonyl (C=O) groups excluding carboxylic acids is 1. The van der Waals surface area contributed by atoms with Crippen molar-refractivity contribution < 1.29 is 9.72 Å². The monoisotopic (exact) mass is 331 g/mol. The van der Waals surface area contributed by atoms with E-state index < -0.39 is 4.92 Å². The highest BCUT2D eigenvalue weighted by Crippen LogP contribution is 2.30. The minimum atomic E-state index is -0.420. The number of nitro groups is 1. The van der Waals surface area contributed by atoms with E-state index >= 15 is 0 Å². The van der Waals surface area contributed by atoms with Crippen molar-refractivity contribution in [3.8, 4) is 0 Å². The molecule has 0 heterocycles. The van der Waals surface area contributed by atoms with Gasteiger partial charge in [-0.25, -0.2) is 0 Å². The van der Waals surface area contributed by atoms with Gasteiger partial charge >= 0.3 is 0 Å². The van der Waals surface area contributed by atoms with Crippen LogP contribution in [0.1, 0.15) is 33.8 Å². The van der Waals surface area contributed by atoms with Crippen molar-refractivity contribution in [3.63, 3.8) is 0 Å². The topological polar surface area (TPSA) is 60.2 Å². The first-order chi connectivity index (χ1) is 12.1. The van der Waals surface area contributed by atoms with Gasteiger partial charge < -0.3 is 0 Å². The predicted molar refractivity (Wildman–Crippen MR) is 96.8 cm³/mol. The molecule has 4 heteroatoms. The van der Waals surface area contributed by atoms with Crippen LogP contribution in [0.4, 0.5) is 5.69 Å². The van der Waals surface area contributed by atoms with E-state index in [2.05, 4.69) is 0 Å². The van der Waals surface area contributed by atoms with E-state index in [1.807, 2.05) is 48.5 Å². The minimum absolute atomic E-state index is 0.0462. The standard InChI is InChI=1S/C21H17NO3/c23-21(18-9-5-2-6-10-18)15-20(16-7-3-1-4-8-16)17-11-13-19(14-12-17)22(24)25/h1-14,20H,15H2. The molecule has 0 bridgehead atoms. The average Bonchev–Trinajstić information content (AvgIpc) is 2.67. The molecule has 0 spiro atoms. The summed E-state index contributed by atoms with van der Waals surface area (Å²) in [6.07, 6.45) is 0.311. The molecule has 3 aromatic rings. The first-order valence-electron chi connectivity index (χ1n) is 8.02. The summed E-state index contributed by atoms with van der Waals surface area (Å²) in [5, 5.41) is 10.9. The molecule has 0 aromatic heterocycles. The lowest BCUT2D eigenvalue weighted by molar-refractivity contribution is -0.384. The molecule has 0 fully saturated rings. The number of nitro benzene ring substituents is 1. The molecule has 0 amide bonds. The lowest BCUT2D eigenvalue weighted by atomic mass is 9.86. The van der Waals surface area contributed by atoms with Crippen LogP contribution < -0.4 is 0 Å². The largest absolute Gasteiger partial charge is 0.294 e. The second-order valence-electron chi connectivity index (χ2n) is 5.81. The zero-order valence-electron chi connectivity index (χ0n) is 13.5. The van der Waals surface area contributed by atoms with Gasteiger partial charge in [0.2, 0.25) is 0 Å². The van der Waals surface area contributed by atoms with Crippen LogP contribution in [0.25, 0.3) is 0 Å². The van der Waals surface area contributed by atoms with Crippen molar-refractivity contribution in [1.29, 1.82) is 0 Å². The van der Waals surface area contributed by atoms with Crippen LogP contribution in [0.2, 0.25) is 0 Å². The highest BCUT2D eigenvalue weighted by atomic mass is 16.6. The number of carbonyl (C=O) groups is 1. The highest BCUT2D eigenvalue weighted by molar-refractivity contribution is 5.96. The van der Waals surface area contributed by atoms with Crippen LogP contribution in [-0.2, 0) is 0 Å². The molecule has 25 heavy (non-hydrogen) atoms. The fourth-order valence-corrected chi connectivity index (χ4v) is 2.87. The second-order valence-corrected chi connectivity index (χ2v) is 5.81. The summed E-state index contributed by atoms with van der Waals surface area (Å²) in [4.78, 5) is 23.1. The summed E-state index contributed by atoms with van der Waals surface area (Å²) in [7, 11) is 0.